The Morgan fingerprint density at radius 1 is 1.38 bits per heavy atom. The molecular weight excluding hydrogens is 233 g/mol. The van der Waals surface area contributed by atoms with Gasteiger partial charge in [-0.1, -0.05) is 22.0 Å². The summed E-state index contributed by atoms with van der Waals surface area (Å²) in [6.07, 6.45) is 1.60. The lowest BCUT2D eigenvalue weighted by Gasteiger charge is -2.00. The maximum Gasteiger partial charge on any atom is 0.149 e. The zero-order valence-electron chi connectivity index (χ0n) is 6.80. The molecule has 0 fully saturated rings. The molecule has 0 bridgehead atoms. The summed E-state index contributed by atoms with van der Waals surface area (Å²) in [7, 11) is 0. The minimum atomic E-state index is -0.257. The summed E-state index contributed by atoms with van der Waals surface area (Å²) < 4.78 is 13.4. The van der Waals surface area contributed by atoms with Gasteiger partial charge in [0.25, 0.3) is 0 Å². The van der Waals surface area contributed by atoms with Gasteiger partial charge in [0.05, 0.1) is 0 Å². The van der Waals surface area contributed by atoms with E-state index in [1.807, 2.05) is 12.1 Å². The van der Waals surface area contributed by atoms with Crippen LogP contribution in [0.5, 0.6) is 0 Å². The summed E-state index contributed by atoms with van der Waals surface area (Å²) in [6.45, 7) is 0. The van der Waals surface area contributed by atoms with E-state index in [0.29, 0.717) is 10.8 Å². The zero-order chi connectivity index (χ0) is 9.26. The molecule has 0 aliphatic carbocycles. The first-order valence-corrected chi connectivity index (χ1v) is 5.02. The van der Waals surface area contributed by atoms with Crippen molar-refractivity contribution in [2.75, 3.05) is 0 Å². The monoisotopic (exact) mass is 239 g/mol. The number of hydrogen-bond acceptors (Lipinski definition) is 1. The van der Waals surface area contributed by atoms with Crippen LogP contribution in [0.4, 0.5) is 4.39 Å². The molecule has 0 N–H and O–H groups in total. The number of rotatable bonds is 1. The minimum Gasteiger partial charge on any atom is -0.253 e. The second-order valence-electron chi connectivity index (χ2n) is 2.79. The van der Waals surface area contributed by atoms with Gasteiger partial charge in [-0.2, -0.15) is 0 Å². The number of fused-ring (bicyclic) bond motifs is 1. The van der Waals surface area contributed by atoms with Gasteiger partial charge in [-0.15, -0.1) is 0 Å². The van der Waals surface area contributed by atoms with E-state index in [1.165, 1.54) is 6.07 Å². The molecule has 1 nitrogen and oxygen atoms in total. The molecule has 0 aliphatic rings. The minimum absolute atomic E-state index is 0.257. The first kappa shape index (κ1) is 8.63. The van der Waals surface area contributed by atoms with Crippen LogP contribution >= 0.6 is 15.9 Å². The standard InChI is InChI=1S/C10H7BrFN/c11-6-7-4-8-2-1-3-13-10(8)9(12)5-7/h1-5H,6H2. The number of nitrogens with zero attached hydrogens (tertiary/aromatic N) is 1. The van der Waals surface area contributed by atoms with Crippen LogP contribution in [0.1, 0.15) is 5.56 Å². The highest BCUT2D eigenvalue weighted by Gasteiger charge is 2.02. The van der Waals surface area contributed by atoms with Crippen molar-refractivity contribution < 1.29 is 4.39 Å². The van der Waals surface area contributed by atoms with Crippen molar-refractivity contribution in [2.24, 2.45) is 0 Å². The van der Waals surface area contributed by atoms with E-state index < -0.39 is 0 Å². The molecule has 0 radical (unpaired) electrons. The van der Waals surface area contributed by atoms with Crippen LogP contribution in [0.2, 0.25) is 0 Å². The number of aromatic nitrogens is 1. The van der Waals surface area contributed by atoms with Crippen LogP contribution in [-0.2, 0) is 5.33 Å². The molecule has 0 unspecified atom stereocenters. The molecule has 0 atom stereocenters. The Hall–Kier alpha value is -0.960. The van der Waals surface area contributed by atoms with Gasteiger partial charge in [0.15, 0.2) is 0 Å². The Kier molecular flexibility index (Phi) is 2.27. The fraction of sp³-hybridized carbons (Fsp3) is 0.100. The molecule has 0 aliphatic heterocycles. The van der Waals surface area contributed by atoms with Gasteiger partial charge in [0.1, 0.15) is 11.3 Å². The van der Waals surface area contributed by atoms with E-state index in [0.717, 1.165) is 10.9 Å². The van der Waals surface area contributed by atoms with Crippen LogP contribution in [0, 0.1) is 5.82 Å². The summed E-state index contributed by atoms with van der Waals surface area (Å²) in [5, 5.41) is 1.51. The van der Waals surface area contributed by atoms with Gasteiger partial charge < -0.3 is 0 Å². The summed E-state index contributed by atoms with van der Waals surface area (Å²) >= 11 is 3.29. The molecule has 3 heteroatoms. The third-order valence-corrected chi connectivity index (χ3v) is 2.52. The number of hydrogen-bond donors (Lipinski definition) is 0. The van der Waals surface area contributed by atoms with Crippen LogP contribution in [0.3, 0.4) is 0 Å². The largest absolute Gasteiger partial charge is 0.253 e. The first-order chi connectivity index (χ1) is 6.31. The average Bonchev–Trinajstić information content (AvgIpc) is 2.18. The lowest BCUT2D eigenvalue weighted by atomic mass is 10.1. The van der Waals surface area contributed by atoms with Crippen LogP contribution in [0.25, 0.3) is 10.9 Å². The number of benzene rings is 1. The third-order valence-electron chi connectivity index (χ3n) is 1.87. The smallest absolute Gasteiger partial charge is 0.149 e. The summed E-state index contributed by atoms with van der Waals surface area (Å²) in [5.41, 5.74) is 1.37. The molecule has 1 aromatic heterocycles. The Morgan fingerprint density at radius 3 is 3.00 bits per heavy atom. The quantitative estimate of drug-likeness (QED) is 0.697. The first-order valence-electron chi connectivity index (χ1n) is 3.90. The van der Waals surface area contributed by atoms with Crippen molar-refractivity contribution in [1.82, 2.24) is 4.98 Å². The molecule has 13 heavy (non-hydrogen) atoms. The van der Waals surface area contributed by atoms with E-state index in [1.54, 1.807) is 12.3 Å². The van der Waals surface area contributed by atoms with Crippen molar-refractivity contribution in [3.8, 4) is 0 Å². The fourth-order valence-electron chi connectivity index (χ4n) is 1.28. The SMILES string of the molecule is Fc1cc(CBr)cc2cccnc12. The molecule has 0 spiro atoms. The van der Waals surface area contributed by atoms with Crippen molar-refractivity contribution >= 4 is 26.8 Å². The zero-order valence-corrected chi connectivity index (χ0v) is 8.38. The van der Waals surface area contributed by atoms with Gasteiger partial charge in [-0.3, -0.25) is 4.98 Å². The van der Waals surface area contributed by atoms with E-state index in [4.69, 9.17) is 0 Å². The average molecular weight is 240 g/mol. The molecular formula is C10H7BrFN. The van der Waals surface area contributed by atoms with Gasteiger partial charge in [-0.05, 0) is 23.8 Å². The summed E-state index contributed by atoms with van der Waals surface area (Å²) in [5.74, 6) is -0.257. The van der Waals surface area contributed by atoms with Crippen molar-refractivity contribution in [3.63, 3.8) is 0 Å². The van der Waals surface area contributed by atoms with E-state index in [2.05, 4.69) is 20.9 Å². The second-order valence-corrected chi connectivity index (χ2v) is 3.35. The molecule has 2 aromatic rings. The maximum atomic E-state index is 13.4. The molecule has 0 saturated carbocycles. The molecule has 66 valence electrons. The van der Waals surface area contributed by atoms with Crippen LogP contribution < -0.4 is 0 Å². The highest BCUT2D eigenvalue weighted by Crippen LogP contribution is 2.18. The van der Waals surface area contributed by atoms with Gasteiger partial charge >= 0.3 is 0 Å². The lowest BCUT2D eigenvalue weighted by molar-refractivity contribution is 0.635. The molecule has 0 amide bonds. The maximum absolute atomic E-state index is 13.4. The lowest BCUT2D eigenvalue weighted by Crippen LogP contribution is -1.86. The third kappa shape index (κ3) is 1.56. The van der Waals surface area contributed by atoms with Gasteiger partial charge in [-0.25, -0.2) is 4.39 Å². The van der Waals surface area contributed by atoms with Gasteiger partial charge in [0, 0.05) is 16.9 Å². The summed E-state index contributed by atoms with van der Waals surface area (Å²) in [6, 6.07) is 7.10. The Morgan fingerprint density at radius 2 is 2.23 bits per heavy atom. The van der Waals surface area contributed by atoms with Crippen molar-refractivity contribution in [1.29, 1.82) is 0 Å². The molecule has 2 rings (SSSR count). The van der Waals surface area contributed by atoms with Crippen LogP contribution in [-0.4, -0.2) is 4.98 Å². The molecule has 1 aromatic carbocycles. The second kappa shape index (κ2) is 3.42. The number of alkyl halides is 1. The Balaban J connectivity index is 2.77. The highest BCUT2D eigenvalue weighted by molar-refractivity contribution is 9.08. The van der Waals surface area contributed by atoms with Crippen molar-refractivity contribution in [3.05, 3.63) is 41.8 Å². The highest BCUT2D eigenvalue weighted by atomic mass is 79.9. The predicted molar refractivity (Wildman–Crippen MR) is 54.3 cm³/mol. The van der Waals surface area contributed by atoms with Crippen LogP contribution in [0.15, 0.2) is 30.5 Å². The van der Waals surface area contributed by atoms with E-state index in [-0.39, 0.29) is 5.82 Å². The normalized spacial score (nSPS) is 10.6. The van der Waals surface area contributed by atoms with E-state index >= 15 is 0 Å². The molecule has 0 saturated heterocycles. The van der Waals surface area contributed by atoms with E-state index in [9.17, 15) is 4.39 Å². The number of pyridine rings is 1. The topological polar surface area (TPSA) is 12.9 Å². The Bertz CT molecular complexity index is 442. The Labute approximate surface area is 83.7 Å². The number of halogens is 2. The van der Waals surface area contributed by atoms with Gasteiger partial charge in [0.2, 0.25) is 0 Å². The predicted octanol–water partition coefficient (Wildman–Crippen LogP) is 3.27. The van der Waals surface area contributed by atoms with Crippen molar-refractivity contribution in [2.45, 2.75) is 5.33 Å². The fourth-order valence-corrected chi connectivity index (χ4v) is 1.61. The summed E-state index contributed by atoms with van der Waals surface area (Å²) in [4.78, 5) is 3.97. The molecule has 1 heterocycles.